The quantitative estimate of drug-likeness (QED) is 0.0189. The number of oxime groups is 1. The molecule has 9 aromatic rings. The Morgan fingerprint density at radius 3 is 1.51 bits per heavy atom. The third-order valence-corrected chi connectivity index (χ3v) is 16.5. The number of thioether (sulfide) groups is 1. The van der Waals surface area contributed by atoms with Crippen LogP contribution in [0.4, 0.5) is 5.13 Å². The molecule has 2 aliphatic rings. The molecule has 1 saturated heterocycles. The van der Waals surface area contributed by atoms with Gasteiger partial charge in [0.2, 0.25) is 5.60 Å². The number of carbonyl (C=O) groups excluding carboxylic acids is 4. The van der Waals surface area contributed by atoms with Crippen molar-refractivity contribution in [2.75, 3.05) is 17.7 Å². The Bertz CT molecular complexity index is 3550. The molecule has 3 heterocycles. The maximum absolute atomic E-state index is 15.5. The summed E-state index contributed by atoms with van der Waals surface area (Å²) in [6, 6.07) is 76.7. The van der Waals surface area contributed by atoms with E-state index in [1.54, 1.807) is 5.38 Å². The number of ether oxygens (including phenoxy) is 2. The Morgan fingerprint density at radius 2 is 1.07 bits per heavy atom. The molecule has 0 saturated carbocycles. The molecule has 11 rings (SSSR count). The van der Waals surface area contributed by atoms with Crippen LogP contribution in [0.3, 0.4) is 0 Å². The van der Waals surface area contributed by atoms with Gasteiger partial charge in [-0.3, -0.25) is 14.5 Å². The van der Waals surface area contributed by atoms with E-state index in [0.29, 0.717) is 21.8 Å². The highest BCUT2D eigenvalue weighted by molar-refractivity contribution is 8.00. The van der Waals surface area contributed by atoms with Crippen molar-refractivity contribution in [3.63, 3.8) is 0 Å². The summed E-state index contributed by atoms with van der Waals surface area (Å²) < 4.78 is 12.0. The second-order valence-electron chi connectivity index (χ2n) is 19.6. The van der Waals surface area contributed by atoms with E-state index < -0.39 is 52.4 Å². The number of fused-ring (bicyclic) bond motifs is 1. The lowest BCUT2D eigenvalue weighted by molar-refractivity contribution is -0.154. The van der Waals surface area contributed by atoms with Gasteiger partial charge in [-0.25, -0.2) is 14.6 Å². The van der Waals surface area contributed by atoms with Crippen molar-refractivity contribution >= 4 is 57.7 Å². The minimum absolute atomic E-state index is 0.0739. The Labute approximate surface area is 483 Å². The number of hydrogen-bond acceptors (Lipinski definition) is 12. The summed E-state index contributed by atoms with van der Waals surface area (Å²) in [5.41, 5.74) is 4.47. The number of esters is 2. The first kappa shape index (κ1) is 54.3. The Balaban J connectivity index is 0.989. The fourth-order valence-electron chi connectivity index (χ4n) is 10.4. The molecule has 0 aliphatic carbocycles. The van der Waals surface area contributed by atoms with Crippen LogP contribution in [0, 0.1) is 0 Å². The molecule has 0 radical (unpaired) electrons. The van der Waals surface area contributed by atoms with Gasteiger partial charge in [0, 0.05) is 39.0 Å². The van der Waals surface area contributed by atoms with Gasteiger partial charge in [-0.15, -0.1) is 23.1 Å². The maximum Gasteiger partial charge on any atom is 0.356 e. The van der Waals surface area contributed by atoms with E-state index in [4.69, 9.17) is 24.5 Å². The van der Waals surface area contributed by atoms with Crippen LogP contribution in [0.5, 0.6) is 0 Å². The predicted octanol–water partition coefficient (Wildman–Crippen LogP) is 12.4. The summed E-state index contributed by atoms with van der Waals surface area (Å²) >= 11 is 2.59. The number of thiazole rings is 1. The summed E-state index contributed by atoms with van der Waals surface area (Å²) in [6.45, 7) is 4.93. The second kappa shape index (κ2) is 24.4. The molecule has 1 fully saturated rings. The van der Waals surface area contributed by atoms with Crippen LogP contribution in [-0.4, -0.2) is 63.1 Å². The average Bonchev–Trinajstić information content (AvgIpc) is 4.07. The molecule has 2 N–H and O–H groups in total. The van der Waals surface area contributed by atoms with E-state index in [2.05, 4.69) is 53.6 Å². The molecular weight excluding hydrogens is 1060 g/mol. The van der Waals surface area contributed by atoms with E-state index >= 15 is 4.79 Å². The lowest BCUT2D eigenvalue weighted by Gasteiger charge is -2.49. The van der Waals surface area contributed by atoms with Gasteiger partial charge in [0.25, 0.3) is 11.8 Å². The number of nitrogens with one attached hydrogen (secondary N) is 2. The first-order valence-electron chi connectivity index (χ1n) is 26.6. The van der Waals surface area contributed by atoms with Gasteiger partial charge in [0.05, 0.1) is 0 Å². The molecule has 1 aromatic heterocycles. The van der Waals surface area contributed by atoms with E-state index in [1.165, 1.54) is 34.9 Å². The summed E-state index contributed by atoms with van der Waals surface area (Å²) in [5.74, 6) is -2.67. The van der Waals surface area contributed by atoms with Crippen molar-refractivity contribution in [1.29, 1.82) is 0 Å². The van der Waals surface area contributed by atoms with Gasteiger partial charge in [-0.1, -0.05) is 254 Å². The van der Waals surface area contributed by atoms with Gasteiger partial charge in [-0.05, 0) is 34.7 Å². The topological polar surface area (TPSA) is 149 Å². The number of nitrogens with zero attached hydrogens (tertiary/aromatic N) is 3. The highest BCUT2D eigenvalue weighted by Gasteiger charge is 2.55. The van der Waals surface area contributed by atoms with E-state index in [1.807, 2.05) is 206 Å². The van der Waals surface area contributed by atoms with Crippen molar-refractivity contribution in [3.05, 3.63) is 322 Å². The van der Waals surface area contributed by atoms with Crippen molar-refractivity contribution in [2.45, 2.75) is 35.6 Å². The van der Waals surface area contributed by atoms with Crippen molar-refractivity contribution in [1.82, 2.24) is 15.2 Å². The molecule has 406 valence electrons. The molecular formula is C68H55N5O7S2. The molecule has 8 aromatic carbocycles. The molecule has 14 heteroatoms. The normalized spacial score (nSPS) is 15.2. The Morgan fingerprint density at radius 1 is 0.646 bits per heavy atom. The van der Waals surface area contributed by atoms with Crippen LogP contribution in [0.15, 0.2) is 277 Å². The average molecular weight is 1120 g/mol. The van der Waals surface area contributed by atoms with Gasteiger partial charge in [0.1, 0.15) is 35.0 Å². The first-order chi connectivity index (χ1) is 40.2. The number of β-lactam (4-membered cyclic amide) rings is 1. The van der Waals surface area contributed by atoms with Crippen LogP contribution in [-0.2, 0) is 44.6 Å². The van der Waals surface area contributed by atoms with Crippen molar-refractivity contribution < 1.29 is 33.5 Å². The van der Waals surface area contributed by atoms with Crippen molar-refractivity contribution in [3.8, 4) is 0 Å². The number of carbonyl (C=O) groups is 4. The Kier molecular flexibility index (Phi) is 16.2. The molecule has 82 heavy (non-hydrogen) atoms. The SMILES string of the molecule is C=C(C)C(=O)OCC1=C(C(=O)OC(c2ccccc2)c2ccccc2)N2C(=O)[C@@H](NC(=O)/C(=N\OC(c3ccccc3)(c3ccccc3)c3ccccc3)c3csc(NC(c4ccccc4)(c4ccccc4)c4ccccc4)n3)[C@H]2SC1. The lowest BCUT2D eigenvalue weighted by atomic mass is 9.77. The van der Waals surface area contributed by atoms with E-state index in [-0.39, 0.29) is 35.0 Å². The van der Waals surface area contributed by atoms with Crippen LogP contribution >= 0.6 is 23.1 Å². The number of amides is 2. The fourth-order valence-corrected chi connectivity index (χ4v) is 12.5. The zero-order valence-electron chi connectivity index (χ0n) is 44.5. The smallest absolute Gasteiger partial charge is 0.356 e. The number of aromatic nitrogens is 1. The third-order valence-electron chi connectivity index (χ3n) is 14.4. The number of anilines is 1. The zero-order chi connectivity index (χ0) is 56.5. The van der Waals surface area contributed by atoms with Crippen LogP contribution in [0.1, 0.15) is 63.2 Å². The van der Waals surface area contributed by atoms with Crippen LogP contribution in [0.2, 0.25) is 0 Å². The number of hydrogen-bond donors (Lipinski definition) is 2. The predicted molar refractivity (Wildman–Crippen MR) is 320 cm³/mol. The number of benzene rings is 8. The monoisotopic (exact) mass is 1120 g/mol. The molecule has 2 atom stereocenters. The largest absolute Gasteiger partial charge is 0.458 e. The highest BCUT2D eigenvalue weighted by Crippen LogP contribution is 2.45. The standard InChI is InChI=1S/C68H55N5O7S2/c1-46(2)64(76)78-43-49-44-81-63-58(62(75)73(63)59(49)65(77)79-60(47-27-11-3-12-28-47)48-29-13-4-14-30-48)70-61(74)57(72-80-68(53-37-21-8-22-38-53,54-39-23-9-24-40-54)55-41-25-10-26-42-55)56-45-82-66(69-56)71-67(50-31-15-5-16-32-50,51-33-17-6-18-34-51)52-35-19-7-20-36-52/h3-42,45,58,60,63H,1,43-44H2,2H3,(H,69,71)(H,70,74)/b72-57-/t58-,63-/m1/s1. The third kappa shape index (κ3) is 10.9. The fraction of sp³-hybridized carbons (Fsp3) is 0.118. The molecule has 0 unspecified atom stereocenters. The van der Waals surface area contributed by atoms with E-state index in [9.17, 15) is 14.4 Å². The van der Waals surface area contributed by atoms with Gasteiger partial charge < -0.3 is 24.9 Å². The molecule has 2 amide bonds. The van der Waals surface area contributed by atoms with Crippen molar-refractivity contribution in [2.24, 2.45) is 5.16 Å². The summed E-state index contributed by atoms with van der Waals surface area (Å²) in [6.07, 6.45) is -0.856. The van der Waals surface area contributed by atoms with Gasteiger partial charge in [0.15, 0.2) is 16.9 Å². The van der Waals surface area contributed by atoms with Gasteiger partial charge >= 0.3 is 11.9 Å². The lowest BCUT2D eigenvalue weighted by Crippen LogP contribution is -2.71. The van der Waals surface area contributed by atoms with Crippen LogP contribution < -0.4 is 10.6 Å². The Hall–Kier alpha value is -9.63. The molecule has 0 spiro atoms. The summed E-state index contributed by atoms with van der Waals surface area (Å²) in [5, 5.41) is 13.1. The maximum atomic E-state index is 15.5. The van der Waals surface area contributed by atoms with E-state index in [0.717, 1.165) is 33.4 Å². The first-order valence-corrected chi connectivity index (χ1v) is 28.5. The molecule has 0 bridgehead atoms. The minimum atomic E-state index is -1.40. The molecule has 12 nitrogen and oxygen atoms in total. The number of rotatable bonds is 20. The molecule has 2 aliphatic heterocycles. The summed E-state index contributed by atoms with van der Waals surface area (Å²) in [7, 11) is 0. The minimum Gasteiger partial charge on any atom is -0.458 e. The highest BCUT2D eigenvalue weighted by atomic mass is 32.2. The second-order valence-corrected chi connectivity index (χ2v) is 21.6. The van der Waals surface area contributed by atoms with Crippen LogP contribution in [0.25, 0.3) is 0 Å². The zero-order valence-corrected chi connectivity index (χ0v) is 46.2. The summed E-state index contributed by atoms with van der Waals surface area (Å²) in [4.78, 5) is 71.5. The van der Waals surface area contributed by atoms with Gasteiger partial charge in [-0.2, -0.15) is 0 Å².